The van der Waals surface area contributed by atoms with E-state index in [0.29, 0.717) is 35.7 Å². The average molecular weight is 406 g/mol. The smallest absolute Gasteiger partial charge is 0.205 e. The van der Waals surface area contributed by atoms with Crippen molar-refractivity contribution in [2.45, 2.75) is 51.6 Å². The standard InChI is InChI=1S/C20H27N3O4S/c1-13(24)11-17-21-20(28-22-17)23(15-7-5-6-8-15)12-14-9-10-16(25-2)19(27-4)18(14)26-3/h9-10,15H,5-8,11-12H2,1-4H3. The average Bonchev–Trinajstić information content (AvgIpc) is 3.37. The molecule has 0 N–H and O–H groups in total. The largest absolute Gasteiger partial charge is 0.493 e. The van der Waals surface area contributed by atoms with E-state index in [1.807, 2.05) is 12.1 Å². The van der Waals surface area contributed by atoms with Gasteiger partial charge in [0.15, 0.2) is 17.3 Å². The highest BCUT2D eigenvalue weighted by molar-refractivity contribution is 7.09. The molecule has 152 valence electrons. The molecule has 0 radical (unpaired) electrons. The highest BCUT2D eigenvalue weighted by atomic mass is 32.1. The molecular weight excluding hydrogens is 378 g/mol. The van der Waals surface area contributed by atoms with Crippen LogP contribution in [0, 0.1) is 0 Å². The zero-order valence-electron chi connectivity index (χ0n) is 16.9. The Labute approximate surface area is 169 Å². The fourth-order valence-electron chi connectivity index (χ4n) is 3.70. The Morgan fingerprint density at radius 3 is 2.46 bits per heavy atom. The van der Waals surface area contributed by atoms with Crippen LogP contribution >= 0.6 is 11.5 Å². The van der Waals surface area contributed by atoms with Gasteiger partial charge in [0, 0.05) is 29.7 Å². The number of hydrogen-bond acceptors (Lipinski definition) is 8. The van der Waals surface area contributed by atoms with E-state index in [0.717, 1.165) is 23.5 Å². The van der Waals surface area contributed by atoms with E-state index in [1.54, 1.807) is 28.3 Å². The normalized spacial score (nSPS) is 14.1. The monoisotopic (exact) mass is 405 g/mol. The third-order valence-electron chi connectivity index (χ3n) is 5.00. The minimum atomic E-state index is 0.0679. The second kappa shape index (κ2) is 9.23. The molecule has 0 atom stereocenters. The summed E-state index contributed by atoms with van der Waals surface area (Å²) >= 11 is 1.35. The van der Waals surface area contributed by atoms with Gasteiger partial charge in [-0.3, -0.25) is 4.79 Å². The first-order chi connectivity index (χ1) is 13.6. The van der Waals surface area contributed by atoms with Gasteiger partial charge in [0.2, 0.25) is 10.9 Å². The molecule has 1 saturated carbocycles. The van der Waals surface area contributed by atoms with Crippen LogP contribution in [-0.2, 0) is 17.8 Å². The highest BCUT2D eigenvalue weighted by Crippen LogP contribution is 2.41. The van der Waals surface area contributed by atoms with Crippen molar-refractivity contribution in [2.24, 2.45) is 0 Å². The molecule has 1 aromatic heterocycles. The summed E-state index contributed by atoms with van der Waals surface area (Å²) in [7, 11) is 4.86. The summed E-state index contributed by atoms with van der Waals surface area (Å²) in [4.78, 5) is 18.4. The Bertz CT molecular complexity index is 818. The van der Waals surface area contributed by atoms with E-state index in [9.17, 15) is 4.79 Å². The van der Waals surface area contributed by atoms with Crippen molar-refractivity contribution >= 4 is 22.4 Å². The van der Waals surface area contributed by atoms with Gasteiger partial charge in [-0.15, -0.1) is 0 Å². The van der Waals surface area contributed by atoms with Crippen molar-refractivity contribution in [3.8, 4) is 17.2 Å². The van der Waals surface area contributed by atoms with Crippen LogP contribution in [-0.4, -0.2) is 42.5 Å². The van der Waals surface area contributed by atoms with Crippen LogP contribution < -0.4 is 19.1 Å². The molecule has 1 fully saturated rings. The first-order valence-corrected chi connectivity index (χ1v) is 10.2. The molecule has 0 spiro atoms. The van der Waals surface area contributed by atoms with Crippen LogP contribution in [0.1, 0.15) is 44.0 Å². The second-order valence-corrected chi connectivity index (χ2v) is 7.66. The van der Waals surface area contributed by atoms with E-state index >= 15 is 0 Å². The lowest BCUT2D eigenvalue weighted by atomic mass is 10.1. The minimum absolute atomic E-state index is 0.0679. The number of nitrogens with zero attached hydrogens (tertiary/aromatic N) is 3. The molecule has 1 aliphatic rings. The topological polar surface area (TPSA) is 73.8 Å². The Morgan fingerprint density at radius 2 is 1.86 bits per heavy atom. The second-order valence-electron chi connectivity index (χ2n) is 6.93. The number of carbonyl (C=O) groups is 1. The molecule has 0 bridgehead atoms. The number of hydrogen-bond donors (Lipinski definition) is 0. The van der Waals surface area contributed by atoms with Gasteiger partial charge in [-0.1, -0.05) is 12.8 Å². The van der Waals surface area contributed by atoms with Crippen LogP contribution in [0.5, 0.6) is 17.2 Å². The van der Waals surface area contributed by atoms with Gasteiger partial charge in [-0.25, -0.2) is 4.98 Å². The molecule has 1 aromatic carbocycles. The molecule has 8 heteroatoms. The van der Waals surface area contributed by atoms with Crippen molar-refractivity contribution in [3.05, 3.63) is 23.5 Å². The van der Waals surface area contributed by atoms with Crippen LogP contribution in [0.4, 0.5) is 5.13 Å². The Hall–Kier alpha value is -2.35. The summed E-state index contributed by atoms with van der Waals surface area (Å²) in [5, 5.41) is 0.847. The molecule has 3 rings (SSSR count). The van der Waals surface area contributed by atoms with Gasteiger partial charge in [-0.2, -0.15) is 4.37 Å². The van der Waals surface area contributed by atoms with E-state index in [-0.39, 0.29) is 12.2 Å². The predicted molar refractivity (Wildman–Crippen MR) is 109 cm³/mol. The predicted octanol–water partition coefficient (Wildman–Crippen LogP) is 3.64. The van der Waals surface area contributed by atoms with Gasteiger partial charge < -0.3 is 19.1 Å². The van der Waals surface area contributed by atoms with Crippen molar-refractivity contribution in [2.75, 3.05) is 26.2 Å². The van der Waals surface area contributed by atoms with Gasteiger partial charge in [0.1, 0.15) is 5.78 Å². The number of aromatic nitrogens is 2. The quantitative estimate of drug-likeness (QED) is 0.630. The molecule has 0 aliphatic heterocycles. The van der Waals surface area contributed by atoms with Crippen molar-refractivity contribution in [1.82, 2.24) is 9.36 Å². The number of ketones is 1. The van der Waals surface area contributed by atoms with Crippen LogP contribution in [0.2, 0.25) is 0 Å². The summed E-state index contributed by atoms with van der Waals surface area (Å²) in [6, 6.07) is 4.29. The first kappa shape index (κ1) is 20.4. The number of Topliss-reactive ketones (excluding diaryl/α,β-unsaturated/α-hetero) is 1. The number of ether oxygens (including phenoxy) is 3. The Balaban J connectivity index is 1.94. The third kappa shape index (κ3) is 4.38. The van der Waals surface area contributed by atoms with Crippen molar-refractivity contribution in [3.63, 3.8) is 0 Å². The fourth-order valence-corrected chi connectivity index (χ4v) is 4.45. The highest BCUT2D eigenvalue weighted by Gasteiger charge is 2.28. The Kier molecular flexibility index (Phi) is 6.72. The number of anilines is 1. The molecular formula is C20H27N3O4S. The maximum Gasteiger partial charge on any atom is 0.205 e. The summed E-state index contributed by atoms with van der Waals surface area (Å²) in [6.07, 6.45) is 4.94. The first-order valence-electron chi connectivity index (χ1n) is 9.43. The zero-order chi connectivity index (χ0) is 20.1. The van der Waals surface area contributed by atoms with Crippen molar-refractivity contribution in [1.29, 1.82) is 0 Å². The maximum absolute atomic E-state index is 11.4. The summed E-state index contributed by atoms with van der Waals surface area (Å²) in [5.41, 5.74) is 0.996. The SMILES string of the molecule is COc1ccc(CN(c2nc(CC(C)=O)ns2)C2CCCC2)c(OC)c1OC. The molecule has 2 aromatic rings. The van der Waals surface area contributed by atoms with Gasteiger partial charge in [-0.05, 0) is 31.9 Å². The lowest BCUT2D eigenvalue weighted by molar-refractivity contribution is -0.116. The maximum atomic E-state index is 11.4. The van der Waals surface area contributed by atoms with Gasteiger partial charge in [0.25, 0.3) is 0 Å². The van der Waals surface area contributed by atoms with Crippen LogP contribution in [0.15, 0.2) is 12.1 Å². The minimum Gasteiger partial charge on any atom is -0.493 e. The molecule has 0 unspecified atom stereocenters. The van der Waals surface area contributed by atoms with E-state index in [4.69, 9.17) is 14.2 Å². The number of carbonyl (C=O) groups excluding carboxylic acids is 1. The fraction of sp³-hybridized carbons (Fsp3) is 0.550. The van der Waals surface area contributed by atoms with E-state index in [1.165, 1.54) is 24.4 Å². The summed E-state index contributed by atoms with van der Waals surface area (Å²) < 4.78 is 21.0. The summed E-state index contributed by atoms with van der Waals surface area (Å²) in [5.74, 6) is 2.55. The summed E-state index contributed by atoms with van der Waals surface area (Å²) in [6.45, 7) is 2.19. The molecule has 0 amide bonds. The third-order valence-corrected chi connectivity index (χ3v) is 5.79. The lowest BCUT2D eigenvalue weighted by Gasteiger charge is -2.29. The van der Waals surface area contributed by atoms with Gasteiger partial charge in [0.05, 0.1) is 27.8 Å². The van der Waals surface area contributed by atoms with Crippen LogP contribution in [0.25, 0.3) is 0 Å². The number of benzene rings is 1. The van der Waals surface area contributed by atoms with Crippen LogP contribution in [0.3, 0.4) is 0 Å². The zero-order valence-corrected chi connectivity index (χ0v) is 17.7. The molecule has 0 saturated heterocycles. The van der Waals surface area contributed by atoms with E-state index < -0.39 is 0 Å². The number of rotatable bonds is 9. The molecule has 1 heterocycles. The Morgan fingerprint density at radius 1 is 1.14 bits per heavy atom. The van der Waals surface area contributed by atoms with Crippen molar-refractivity contribution < 1.29 is 19.0 Å². The van der Waals surface area contributed by atoms with E-state index in [2.05, 4.69) is 14.3 Å². The molecule has 7 nitrogen and oxygen atoms in total. The number of methoxy groups -OCH3 is 3. The van der Waals surface area contributed by atoms with Gasteiger partial charge >= 0.3 is 0 Å². The molecule has 28 heavy (non-hydrogen) atoms. The lowest BCUT2D eigenvalue weighted by Crippen LogP contribution is -2.32. The molecule has 1 aliphatic carbocycles.